The number of carbonyl (C=O) groups is 1. The van der Waals surface area contributed by atoms with E-state index in [0.29, 0.717) is 6.42 Å². The monoisotopic (exact) mass is 145 g/mol. The van der Waals surface area contributed by atoms with E-state index in [1.807, 2.05) is 6.92 Å². The van der Waals surface area contributed by atoms with E-state index in [1.54, 1.807) is 14.0 Å². The lowest BCUT2D eigenvalue weighted by Gasteiger charge is -2.22. The molecule has 0 aromatic rings. The molecule has 0 unspecified atom stereocenters. The van der Waals surface area contributed by atoms with Gasteiger partial charge in [0.25, 0.3) is 0 Å². The zero-order valence-corrected chi connectivity index (χ0v) is 6.77. The van der Waals surface area contributed by atoms with Crippen LogP contribution >= 0.6 is 0 Å². The number of carboxylic acids is 1. The lowest BCUT2D eigenvalue weighted by Crippen LogP contribution is -2.47. The van der Waals surface area contributed by atoms with Gasteiger partial charge in [-0.05, 0) is 20.4 Å². The second kappa shape index (κ2) is 3.56. The summed E-state index contributed by atoms with van der Waals surface area (Å²) in [5.74, 6) is -0.781. The van der Waals surface area contributed by atoms with Gasteiger partial charge in [0.15, 0.2) is 0 Å². The highest BCUT2D eigenvalue weighted by Crippen LogP contribution is 2.10. The minimum atomic E-state index is -0.781. The summed E-state index contributed by atoms with van der Waals surface area (Å²) in [7, 11) is 1.67. The molecule has 3 nitrogen and oxygen atoms in total. The maximum atomic E-state index is 10.6. The van der Waals surface area contributed by atoms with Crippen LogP contribution in [0.1, 0.15) is 26.7 Å². The molecular weight excluding hydrogens is 130 g/mol. The number of hydrogen-bond donors (Lipinski definition) is 2. The summed E-state index contributed by atoms with van der Waals surface area (Å²) in [6.45, 7) is 3.66. The van der Waals surface area contributed by atoms with Gasteiger partial charge in [-0.2, -0.15) is 0 Å². The van der Waals surface area contributed by atoms with E-state index < -0.39 is 11.5 Å². The fourth-order valence-corrected chi connectivity index (χ4v) is 0.839. The Morgan fingerprint density at radius 3 is 2.30 bits per heavy atom. The third kappa shape index (κ3) is 1.99. The summed E-state index contributed by atoms with van der Waals surface area (Å²) >= 11 is 0. The molecule has 0 aliphatic heterocycles. The molecule has 0 radical (unpaired) electrons. The highest BCUT2D eigenvalue weighted by molar-refractivity contribution is 5.78. The molecule has 0 spiro atoms. The molecule has 0 amide bonds. The number of rotatable bonds is 4. The van der Waals surface area contributed by atoms with Gasteiger partial charge in [0.1, 0.15) is 5.54 Å². The molecule has 0 bridgehead atoms. The van der Waals surface area contributed by atoms with Gasteiger partial charge in [0.2, 0.25) is 0 Å². The van der Waals surface area contributed by atoms with Gasteiger partial charge in [-0.25, -0.2) is 0 Å². The summed E-state index contributed by atoms with van der Waals surface area (Å²) in [5, 5.41) is 11.5. The second-order valence-corrected chi connectivity index (χ2v) is 2.64. The maximum Gasteiger partial charge on any atom is 0.323 e. The maximum absolute atomic E-state index is 10.6. The van der Waals surface area contributed by atoms with Crippen molar-refractivity contribution in [2.75, 3.05) is 7.05 Å². The summed E-state index contributed by atoms with van der Waals surface area (Å²) in [5.41, 5.74) is -0.741. The van der Waals surface area contributed by atoms with Crippen LogP contribution < -0.4 is 5.32 Å². The van der Waals surface area contributed by atoms with Crippen molar-refractivity contribution in [3.05, 3.63) is 0 Å². The molecule has 3 heteroatoms. The van der Waals surface area contributed by atoms with Crippen molar-refractivity contribution in [3.8, 4) is 0 Å². The molecule has 0 aliphatic rings. The van der Waals surface area contributed by atoms with E-state index in [9.17, 15) is 4.79 Å². The molecule has 0 rings (SSSR count). The average Bonchev–Trinajstić information content (AvgIpc) is 1.88. The Labute approximate surface area is 61.4 Å². The number of aliphatic carboxylic acids is 1. The van der Waals surface area contributed by atoms with Gasteiger partial charge in [-0.15, -0.1) is 0 Å². The van der Waals surface area contributed by atoms with Crippen LogP contribution in [0.4, 0.5) is 0 Å². The van der Waals surface area contributed by atoms with Crippen molar-refractivity contribution in [2.24, 2.45) is 0 Å². The molecule has 0 aliphatic carbocycles. The zero-order valence-electron chi connectivity index (χ0n) is 6.77. The number of carboxylic acid groups (broad SMARTS) is 1. The van der Waals surface area contributed by atoms with Gasteiger partial charge >= 0.3 is 5.97 Å². The van der Waals surface area contributed by atoms with Crippen molar-refractivity contribution in [3.63, 3.8) is 0 Å². The van der Waals surface area contributed by atoms with Gasteiger partial charge in [-0.1, -0.05) is 13.3 Å². The Balaban J connectivity index is 4.08. The second-order valence-electron chi connectivity index (χ2n) is 2.64. The summed E-state index contributed by atoms with van der Waals surface area (Å²) in [6, 6.07) is 0. The van der Waals surface area contributed by atoms with Gasteiger partial charge in [-0.3, -0.25) is 4.79 Å². The molecule has 1 atom stereocenters. The quantitative estimate of drug-likeness (QED) is 0.616. The standard InChI is InChI=1S/C7H15NO2/c1-4-5-7(2,8-3)6(9)10/h8H,4-5H2,1-3H3,(H,9,10)/t7-/m0/s1. The third-order valence-corrected chi connectivity index (χ3v) is 1.77. The Bertz CT molecular complexity index is 125. The van der Waals surface area contributed by atoms with Crippen LogP contribution in [-0.4, -0.2) is 23.7 Å². The highest BCUT2D eigenvalue weighted by Gasteiger charge is 2.29. The molecular formula is C7H15NO2. The van der Waals surface area contributed by atoms with E-state index in [2.05, 4.69) is 5.32 Å². The third-order valence-electron chi connectivity index (χ3n) is 1.77. The minimum absolute atomic E-state index is 0.666. The van der Waals surface area contributed by atoms with Crippen LogP contribution in [0.2, 0.25) is 0 Å². The lowest BCUT2D eigenvalue weighted by molar-refractivity contribution is -0.144. The molecule has 10 heavy (non-hydrogen) atoms. The summed E-state index contributed by atoms with van der Waals surface area (Å²) in [6.07, 6.45) is 1.54. The fourth-order valence-electron chi connectivity index (χ4n) is 0.839. The van der Waals surface area contributed by atoms with E-state index >= 15 is 0 Å². The van der Waals surface area contributed by atoms with Crippen LogP contribution in [0.25, 0.3) is 0 Å². The predicted molar refractivity (Wildman–Crippen MR) is 40.0 cm³/mol. The zero-order chi connectivity index (χ0) is 8.20. The number of likely N-dealkylation sites (N-methyl/N-ethyl adjacent to an activating group) is 1. The van der Waals surface area contributed by atoms with Crippen LogP contribution in [0, 0.1) is 0 Å². The predicted octanol–water partition coefficient (Wildman–Crippen LogP) is 0.849. The molecule has 2 N–H and O–H groups in total. The SMILES string of the molecule is CCC[C@](C)(NC)C(=O)O. The van der Waals surface area contributed by atoms with E-state index in [-0.39, 0.29) is 0 Å². The summed E-state index contributed by atoms with van der Waals surface area (Å²) in [4.78, 5) is 10.6. The Morgan fingerprint density at radius 2 is 2.20 bits per heavy atom. The molecule has 0 fully saturated rings. The first-order valence-corrected chi connectivity index (χ1v) is 3.49. The van der Waals surface area contributed by atoms with E-state index in [4.69, 9.17) is 5.11 Å². The number of nitrogens with one attached hydrogen (secondary N) is 1. The molecule has 0 aromatic carbocycles. The van der Waals surface area contributed by atoms with E-state index in [0.717, 1.165) is 6.42 Å². The fraction of sp³-hybridized carbons (Fsp3) is 0.857. The average molecular weight is 145 g/mol. The molecule has 0 saturated heterocycles. The van der Waals surface area contributed by atoms with E-state index in [1.165, 1.54) is 0 Å². The highest BCUT2D eigenvalue weighted by atomic mass is 16.4. The van der Waals surface area contributed by atoms with Gasteiger partial charge in [0.05, 0.1) is 0 Å². The molecule has 0 heterocycles. The first kappa shape index (κ1) is 9.43. The van der Waals surface area contributed by atoms with Crippen LogP contribution in [-0.2, 0) is 4.79 Å². The number of hydrogen-bond acceptors (Lipinski definition) is 2. The lowest BCUT2D eigenvalue weighted by atomic mass is 9.97. The minimum Gasteiger partial charge on any atom is -0.480 e. The Hall–Kier alpha value is -0.570. The van der Waals surface area contributed by atoms with Gasteiger partial charge in [0, 0.05) is 0 Å². The first-order chi connectivity index (χ1) is 4.56. The molecule has 0 saturated carbocycles. The smallest absolute Gasteiger partial charge is 0.323 e. The van der Waals surface area contributed by atoms with Crippen LogP contribution in [0.5, 0.6) is 0 Å². The Morgan fingerprint density at radius 1 is 1.70 bits per heavy atom. The van der Waals surface area contributed by atoms with Crippen molar-refractivity contribution in [1.82, 2.24) is 5.32 Å². The largest absolute Gasteiger partial charge is 0.480 e. The van der Waals surface area contributed by atoms with Crippen molar-refractivity contribution in [1.29, 1.82) is 0 Å². The molecule has 0 aromatic heterocycles. The van der Waals surface area contributed by atoms with Crippen molar-refractivity contribution in [2.45, 2.75) is 32.2 Å². The summed E-state index contributed by atoms with van der Waals surface area (Å²) < 4.78 is 0. The van der Waals surface area contributed by atoms with Gasteiger partial charge < -0.3 is 10.4 Å². The topological polar surface area (TPSA) is 49.3 Å². The Kier molecular flexibility index (Phi) is 3.36. The van der Waals surface area contributed by atoms with Crippen LogP contribution in [0.3, 0.4) is 0 Å². The first-order valence-electron chi connectivity index (χ1n) is 3.49. The van der Waals surface area contributed by atoms with Crippen molar-refractivity contribution < 1.29 is 9.90 Å². The van der Waals surface area contributed by atoms with Crippen LogP contribution in [0.15, 0.2) is 0 Å². The van der Waals surface area contributed by atoms with Crippen molar-refractivity contribution >= 4 is 5.97 Å². The normalized spacial score (nSPS) is 16.3. The molecule has 60 valence electrons.